The van der Waals surface area contributed by atoms with Gasteiger partial charge in [-0.3, -0.25) is 0 Å². The molecule has 0 radical (unpaired) electrons. The van der Waals surface area contributed by atoms with E-state index in [1.54, 1.807) is 0 Å². The first-order chi connectivity index (χ1) is 11.3. The van der Waals surface area contributed by atoms with Gasteiger partial charge in [-0.25, -0.2) is 0 Å². The third-order valence-corrected chi connectivity index (χ3v) is 5.23. The van der Waals surface area contributed by atoms with Crippen molar-refractivity contribution in [3.05, 3.63) is 29.3 Å². The summed E-state index contributed by atoms with van der Waals surface area (Å²) >= 11 is 0. The van der Waals surface area contributed by atoms with E-state index in [4.69, 9.17) is 4.74 Å². The molecule has 0 aliphatic heterocycles. The topological polar surface area (TPSA) is 33.9 Å². The minimum atomic E-state index is -0.416. The van der Waals surface area contributed by atoms with Crippen LogP contribution >= 0.6 is 0 Å². The van der Waals surface area contributed by atoms with Crippen molar-refractivity contribution in [3.8, 4) is 5.75 Å². The minimum Gasteiger partial charge on any atom is -0.490 e. The maximum atomic E-state index is 10.4. The highest BCUT2D eigenvalue weighted by Gasteiger charge is 2.24. The maximum absolute atomic E-state index is 10.4. The van der Waals surface area contributed by atoms with Crippen LogP contribution in [-0.4, -0.2) is 37.5 Å². The minimum absolute atomic E-state index is 0.0381. The first-order valence-electron chi connectivity index (χ1n) is 9.51. The van der Waals surface area contributed by atoms with Gasteiger partial charge in [0.1, 0.15) is 25.0 Å². The molecule has 0 saturated heterocycles. The van der Waals surface area contributed by atoms with Gasteiger partial charge in [0, 0.05) is 0 Å². The summed E-state index contributed by atoms with van der Waals surface area (Å²) in [6, 6.07) is 7.02. The van der Waals surface area contributed by atoms with Crippen molar-refractivity contribution in [2.24, 2.45) is 0 Å². The Morgan fingerprint density at radius 3 is 2.50 bits per heavy atom. The molecule has 0 heterocycles. The average Bonchev–Trinajstić information content (AvgIpc) is 2.53. The van der Waals surface area contributed by atoms with Crippen LogP contribution in [0, 0.1) is 6.92 Å². The molecule has 1 aromatic rings. The van der Waals surface area contributed by atoms with Crippen molar-refractivity contribution in [3.63, 3.8) is 0 Å². The van der Waals surface area contributed by atoms with Crippen molar-refractivity contribution in [2.45, 2.75) is 77.4 Å². The van der Waals surface area contributed by atoms with Crippen molar-refractivity contribution >= 4 is 0 Å². The molecule has 0 aromatic heterocycles. The van der Waals surface area contributed by atoms with Gasteiger partial charge in [-0.15, -0.1) is 0 Å². The number of benzene rings is 1. The van der Waals surface area contributed by atoms with Crippen LogP contribution in [0.2, 0.25) is 0 Å². The molecule has 2 rings (SSSR count). The molecule has 1 aromatic carbocycles. The van der Waals surface area contributed by atoms with E-state index in [1.165, 1.54) is 48.1 Å². The van der Waals surface area contributed by atoms with Gasteiger partial charge in [0.05, 0.1) is 13.1 Å². The zero-order chi connectivity index (χ0) is 17.7. The van der Waals surface area contributed by atoms with Crippen molar-refractivity contribution in [1.82, 2.24) is 0 Å². The smallest absolute Gasteiger partial charge is 0.137 e. The highest BCUT2D eigenvalue weighted by Crippen LogP contribution is 2.32. The molecular weight excluding hydrogens is 298 g/mol. The average molecular weight is 335 g/mol. The molecule has 0 spiro atoms. The van der Waals surface area contributed by atoms with Gasteiger partial charge in [0.2, 0.25) is 0 Å². The molecule has 2 atom stereocenters. The SMILES string of the molecule is Cc1ccc(OC[C@@H](O)C[NH+](C)C2CCCCC2)c(C(C)(C)C)c1. The fourth-order valence-corrected chi connectivity index (χ4v) is 3.73. The van der Waals surface area contributed by atoms with E-state index in [0.29, 0.717) is 12.6 Å². The number of hydrogen-bond acceptors (Lipinski definition) is 2. The Kier molecular flexibility index (Phi) is 6.70. The number of likely N-dealkylation sites (N-methyl/N-ethyl adjacent to an activating group) is 1. The summed E-state index contributed by atoms with van der Waals surface area (Å²) in [6.07, 6.45) is 6.23. The number of aliphatic hydroxyl groups is 1. The number of nitrogens with one attached hydrogen (secondary N) is 1. The fraction of sp³-hybridized carbons (Fsp3) is 0.714. The summed E-state index contributed by atoms with van der Waals surface area (Å²) in [5.41, 5.74) is 2.49. The quantitative estimate of drug-likeness (QED) is 0.839. The second kappa shape index (κ2) is 8.35. The molecule has 0 amide bonds. The van der Waals surface area contributed by atoms with Gasteiger partial charge in [-0.1, -0.05) is 44.9 Å². The van der Waals surface area contributed by atoms with E-state index in [1.807, 2.05) is 6.07 Å². The lowest BCUT2D eigenvalue weighted by Gasteiger charge is -2.30. The Morgan fingerprint density at radius 2 is 1.88 bits per heavy atom. The Balaban J connectivity index is 1.90. The summed E-state index contributed by atoms with van der Waals surface area (Å²) in [5.74, 6) is 0.905. The zero-order valence-electron chi connectivity index (χ0n) is 16.2. The molecule has 1 aliphatic rings. The molecule has 3 nitrogen and oxygen atoms in total. The second-order valence-electron chi connectivity index (χ2n) is 8.60. The van der Waals surface area contributed by atoms with Crippen molar-refractivity contribution in [2.75, 3.05) is 20.2 Å². The Hall–Kier alpha value is -1.06. The lowest BCUT2D eigenvalue weighted by atomic mass is 9.85. The predicted molar refractivity (Wildman–Crippen MR) is 100 cm³/mol. The number of hydrogen-bond donors (Lipinski definition) is 2. The van der Waals surface area contributed by atoms with E-state index >= 15 is 0 Å². The van der Waals surface area contributed by atoms with Gasteiger partial charge >= 0.3 is 0 Å². The number of rotatable bonds is 6. The summed E-state index contributed by atoms with van der Waals surface area (Å²) in [5, 5.41) is 10.4. The van der Waals surface area contributed by atoms with E-state index in [9.17, 15) is 5.11 Å². The van der Waals surface area contributed by atoms with Gasteiger partial charge in [-0.2, -0.15) is 0 Å². The van der Waals surface area contributed by atoms with Crippen LogP contribution in [0.3, 0.4) is 0 Å². The summed E-state index contributed by atoms with van der Waals surface area (Å²) < 4.78 is 6.01. The van der Waals surface area contributed by atoms with Crippen LogP contribution in [0.25, 0.3) is 0 Å². The Morgan fingerprint density at radius 1 is 1.21 bits per heavy atom. The molecule has 24 heavy (non-hydrogen) atoms. The van der Waals surface area contributed by atoms with Gasteiger partial charge in [0.25, 0.3) is 0 Å². The van der Waals surface area contributed by atoms with E-state index < -0.39 is 6.10 Å². The summed E-state index contributed by atoms with van der Waals surface area (Å²) in [6.45, 7) is 9.85. The van der Waals surface area contributed by atoms with E-state index in [-0.39, 0.29) is 5.41 Å². The fourth-order valence-electron chi connectivity index (χ4n) is 3.73. The largest absolute Gasteiger partial charge is 0.490 e. The first kappa shape index (κ1) is 19.3. The molecule has 0 bridgehead atoms. The molecular formula is C21H36NO2+. The normalized spacial score (nSPS) is 19.1. The molecule has 1 saturated carbocycles. The molecule has 1 fully saturated rings. The van der Waals surface area contributed by atoms with Gasteiger partial charge in [0.15, 0.2) is 0 Å². The lowest BCUT2D eigenvalue weighted by Crippen LogP contribution is -3.14. The van der Waals surface area contributed by atoms with Crippen LogP contribution in [0.5, 0.6) is 5.75 Å². The highest BCUT2D eigenvalue weighted by molar-refractivity contribution is 5.41. The number of aliphatic hydroxyl groups excluding tert-OH is 1. The number of quaternary nitrogens is 1. The molecule has 136 valence electrons. The third-order valence-electron chi connectivity index (χ3n) is 5.23. The first-order valence-corrected chi connectivity index (χ1v) is 9.51. The highest BCUT2D eigenvalue weighted by atomic mass is 16.5. The van der Waals surface area contributed by atoms with Gasteiger partial charge in [-0.05, 0) is 49.7 Å². The molecule has 3 heteroatoms. The number of aryl methyl sites for hydroxylation is 1. The van der Waals surface area contributed by atoms with Crippen LogP contribution < -0.4 is 9.64 Å². The van der Waals surface area contributed by atoms with E-state index in [2.05, 4.69) is 46.9 Å². The predicted octanol–water partition coefficient (Wildman–Crippen LogP) is 2.88. The second-order valence-corrected chi connectivity index (χ2v) is 8.60. The maximum Gasteiger partial charge on any atom is 0.137 e. The Bertz CT molecular complexity index is 515. The number of ether oxygens (including phenoxy) is 1. The summed E-state index contributed by atoms with van der Waals surface area (Å²) in [7, 11) is 2.21. The monoisotopic (exact) mass is 334 g/mol. The molecule has 1 aliphatic carbocycles. The standard InChI is InChI=1S/C21H35NO2/c1-16-11-12-20(19(13-16)21(2,3)4)24-15-18(23)14-22(5)17-9-7-6-8-10-17/h11-13,17-18,23H,6-10,14-15H2,1-5H3/p+1/t18-/m0/s1. The van der Waals surface area contributed by atoms with Crippen LogP contribution in [0.1, 0.15) is 64.0 Å². The molecule has 1 unspecified atom stereocenters. The zero-order valence-corrected chi connectivity index (χ0v) is 16.2. The van der Waals surface area contributed by atoms with E-state index in [0.717, 1.165) is 12.3 Å². The van der Waals surface area contributed by atoms with Crippen LogP contribution in [-0.2, 0) is 5.41 Å². The Labute approximate surface area is 148 Å². The lowest BCUT2D eigenvalue weighted by molar-refractivity contribution is -0.910. The van der Waals surface area contributed by atoms with Crippen LogP contribution in [0.4, 0.5) is 0 Å². The van der Waals surface area contributed by atoms with Crippen molar-refractivity contribution in [1.29, 1.82) is 0 Å². The summed E-state index contributed by atoms with van der Waals surface area (Å²) in [4.78, 5) is 1.45. The molecule has 2 N–H and O–H groups in total. The third kappa shape index (κ3) is 5.49. The van der Waals surface area contributed by atoms with Gasteiger partial charge < -0.3 is 14.7 Å². The van der Waals surface area contributed by atoms with Crippen molar-refractivity contribution < 1.29 is 14.7 Å². The van der Waals surface area contributed by atoms with Crippen LogP contribution in [0.15, 0.2) is 18.2 Å².